The van der Waals surface area contributed by atoms with Gasteiger partial charge in [0.15, 0.2) is 0 Å². The summed E-state index contributed by atoms with van der Waals surface area (Å²) in [7, 11) is 0. The molecule has 0 radical (unpaired) electrons. The lowest BCUT2D eigenvalue weighted by atomic mass is 10.0. The van der Waals surface area contributed by atoms with Crippen LogP contribution in [0.3, 0.4) is 0 Å². The Morgan fingerprint density at radius 3 is 2.75 bits per heavy atom. The molecule has 1 aromatic heterocycles. The molecule has 0 atom stereocenters. The van der Waals surface area contributed by atoms with Crippen LogP contribution in [0, 0.1) is 13.8 Å². The van der Waals surface area contributed by atoms with Crippen LogP contribution in [0.2, 0.25) is 0 Å². The van der Waals surface area contributed by atoms with Crippen molar-refractivity contribution in [3.05, 3.63) is 41.1 Å². The van der Waals surface area contributed by atoms with E-state index in [1.807, 2.05) is 6.92 Å². The second-order valence-electron chi connectivity index (χ2n) is 4.32. The van der Waals surface area contributed by atoms with Gasteiger partial charge in [-0.1, -0.05) is 6.07 Å². The second-order valence-corrected chi connectivity index (χ2v) is 4.32. The van der Waals surface area contributed by atoms with E-state index in [0.29, 0.717) is 0 Å². The second kappa shape index (κ2) is 4.62. The Morgan fingerprint density at radius 2 is 2.00 bits per heavy atom. The number of fused-ring (bicyclic) bond motifs is 1. The van der Waals surface area contributed by atoms with E-state index in [9.17, 15) is 0 Å². The molecule has 0 saturated carbocycles. The smallest absolute Gasteiger partial charge is 0.0708 e. The molecule has 16 heavy (non-hydrogen) atoms. The van der Waals surface area contributed by atoms with Gasteiger partial charge in [0.25, 0.3) is 0 Å². The zero-order valence-corrected chi connectivity index (χ0v) is 9.96. The van der Waals surface area contributed by atoms with Gasteiger partial charge >= 0.3 is 0 Å². The average Bonchev–Trinajstić information content (AvgIpc) is 2.26. The first-order chi connectivity index (χ1) is 7.70. The molecule has 0 aliphatic rings. The fourth-order valence-corrected chi connectivity index (χ4v) is 2.07. The maximum absolute atomic E-state index is 5.53. The van der Waals surface area contributed by atoms with Crippen LogP contribution in [0.5, 0.6) is 0 Å². The molecule has 0 bridgehead atoms. The summed E-state index contributed by atoms with van der Waals surface area (Å²) in [5.41, 5.74) is 10.4. The van der Waals surface area contributed by atoms with Gasteiger partial charge < -0.3 is 5.73 Å². The van der Waals surface area contributed by atoms with Gasteiger partial charge in [0, 0.05) is 11.1 Å². The molecule has 2 rings (SSSR count). The third-order valence-electron chi connectivity index (χ3n) is 2.88. The van der Waals surface area contributed by atoms with Crippen LogP contribution in [0.4, 0.5) is 0 Å². The van der Waals surface area contributed by atoms with Crippen molar-refractivity contribution in [3.63, 3.8) is 0 Å². The number of nitrogens with zero attached hydrogens (tertiary/aromatic N) is 1. The Balaban J connectivity index is 2.45. The highest BCUT2D eigenvalue weighted by Gasteiger charge is 2.01. The molecule has 2 aromatic rings. The number of aryl methyl sites for hydroxylation is 3. The Morgan fingerprint density at radius 1 is 1.19 bits per heavy atom. The van der Waals surface area contributed by atoms with Crippen LogP contribution in [0.15, 0.2) is 24.3 Å². The van der Waals surface area contributed by atoms with E-state index in [1.54, 1.807) is 0 Å². The van der Waals surface area contributed by atoms with E-state index in [-0.39, 0.29) is 0 Å². The third-order valence-corrected chi connectivity index (χ3v) is 2.88. The van der Waals surface area contributed by atoms with Crippen molar-refractivity contribution in [1.82, 2.24) is 4.98 Å². The predicted molar refractivity (Wildman–Crippen MR) is 68.6 cm³/mol. The third kappa shape index (κ3) is 2.22. The van der Waals surface area contributed by atoms with Gasteiger partial charge in [-0.3, -0.25) is 4.98 Å². The zero-order valence-electron chi connectivity index (χ0n) is 9.96. The summed E-state index contributed by atoms with van der Waals surface area (Å²) in [6.45, 7) is 4.93. The van der Waals surface area contributed by atoms with E-state index < -0.39 is 0 Å². The summed E-state index contributed by atoms with van der Waals surface area (Å²) in [4.78, 5) is 4.53. The maximum Gasteiger partial charge on any atom is 0.0708 e. The maximum atomic E-state index is 5.53. The van der Waals surface area contributed by atoms with E-state index in [2.05, 4.69) is 36.2 Å². The first kappa shape index (κ1) is 11.1. The summed E-state index contributed by atoms with van der Waals surface area (Å²) in [6, 6.07) is 8.65. The number of aromatic nitrogens is 1. The van der Waals surface area contributed by atoms with Crippen LogP contribution < -0.4 is 5.73 Å². The first-order valence-corrected chi connectivity index (χ1v) is 5.77. The zero-order chi connectivity index (χ0) is 11.5. The number of pyridine rings is 1. The Labute approximate surface area is 96.5 Å². The van der Waals surface area contributed by atoms with Crippen molar-refractivity contribution < 1.29 is 0 Å². The van der Waals surface area contributed by atoms with Crippen molar-refractivity contribution in [2.45, 2.75) is 26.7 Å². The van der Waals surface area contributed by atoms with Gasteiger partial charge in [-0.15, -0.1) is 0 Å². The molecule has 1 heterocycles. The molecular weight excluding hydrogens is 196 g/mol. The molecular formula is C14H18N2. The highest BCUT2D eigenvalue weighted by atomic mass is 14.7. The lowest BCUT2D eigenvalue weighted by Gasteiger charge is -2.06. The lowest BCUT2D eigenvalue weighted by Crippen LogP contribution is -2.00. The van der Waals surface area contributed by atoms with E-state index in [4.69, 9.17) is 5.73 Å². The van der Waals surface area contributed by atoms with Gasteiger partial charge in [-0.2, -0.15) is 0 Å². The molecule has 0 fully saturated rings. The summed E-state index contributed by atoms with van der Waals surface area (Å²) in [6.07, 6.45) is 2.10. The van der Waals surface area contributed by atoms with Crippen LogP contribution in [0.1, 0.15) is 23.2 Å². The van der Waals surface area contributed by atoms with Gasteiger partial charge in [-0.25, -0.2) is 0 Å². The molecule has 1 aromatic carbocycles. The molecule has 0 aliphatic carbocycles. The van der Waals surface area contributed by atoms with Crippen molar-refractivity contribution in [2.24, 2.45) is 5.73 Å². The quantitative estimate of drug-likeness (QED) is 0.853. The topological polar surface area (TPSA) is 38.9 Å². The predicted octanol–water partition coefficient (Wildman–Crippen LogP) is 2.74. The SMILES string of the molecule is Cc1cc(C)c2cc(CCCN)ccc2n1. The summed E-state index contributed by atoms with van der Waals surface area (Å²) < 4.78 is 0. The van der Waals surface area contributed by atoms with Gasteiger partial charge in [0.2, 0.25) is 0 Å². The highest BCUT2D eigenvalue weighted by Crippen LogP contribution is 2.19. The van der Waals surface area contributed by atoms with E-state index >= 15 is 0 Å². The van der Waals surface area contributed by atoms with Crippen LogP contribution in [0.25, 0.3) is 10.9 Å². The molecule has 2 N–H and O–H groups in total. The van der Waals surface area contributed by atoms with E-state index in [0.717, 1.165) is 30.6 Å². The highest BCUT2D eigenvalue weighted by molar-refractivity contribution is 5.82. The van der Waals surface area contributed by atoms with Gasteiger partial charge in [0.05, 0.1) is 5.52 Å². The van der Waals surface area contributed by atoms with Gasteiger partial charge in [0.1, 0.15) is 0 Å². The Kier molecular flexibility index (Phi) is 3.20. The van der Waals surface area contributed by atoms with Crippen molar-refractivity contribution >= 4 is 10.9 Å². The standard InChI is InChI=1S/C14H18N2/c1-10-8-11(2)16-14-6-5-12(4-3-7-15)9-13(10)14/h5-6,8-9H,3-4,7,15H2,1-2H3. The van der Waals surface area contributed by atoms with Crippen molar-refractivity contribution in [2.75, 3.05) is 6.54 Å². The largest absolute Gasteiger partial charge is 0.330 e. The molecule has 2 heteroatoms. The lowest BCUT2D eigenvalue weighted by molar-refractivity contribution is 0.833. The average molecular weight is 214 g/mol. The monoisotopic (exact) mass is 214 g/mol. The van der Waals surface area contributed by atoms with Crippen molar-refractivity contribution in [1.29, 1.82) is 0 Å². The van der Waals surface area contributed by atoms with Crippen LogP contribution in [-0.2, 0) is 6.42 Å². The molecule has 0 aliphatic heterocycles. The van der Waals surface area contributed by atoms with Crippen molar-refractivity contribution in [3.8, 4) is 0 Å². The fraction of sp³-hybridized carbons (Fsp3) is 0.357. The molecule has 0 unspecified atom stereocenters. The molecule has 0 spiro atoms. The number of benzene rings is 1. The Bertz CT molecular complexity index is 503. The molecule has 84 valence electrons. The number of hydrogen-bond acceptors (Lipinski definition) is 2. The number of rotatable bonds is 3. The molecule has 0 amide bonds. The summed E-state index contributed by atoms with van der Waals surface area (Å²) >= 11 is 0. The first-order valence-electron chi connectivity index (χ1n) is 5.77. The Hall–Kier alpha value is -1.41. The normalized spacial score (nSPS) is 10.9. The van der Waals surface area contributed by atoms with Crippen LogP contribution in [-0.4, -0.2) is 11.5 Å². The van der Waals surface area contributed by atoms with Crippen LogP contribution >= 0.6 is 0 Å². The number of hydrogen-bond donors (Lipinski definition) is 1. The summed E-state index contributed by atoms with van der Waals surface area (Å²) in [5.74, 6) is 0. The minimum atomic E-state index is 0.753. The number of nitrogens with two attached hydrogens (primary N) is 1. The van der Waals surface area contributed by atoms with Gasteiger partial charge in [-0.05, 0) is 62.6 Å². The fourth-order valence-electron chi connectivity index (χ4n) is 2.07. The summed E-state index contributed by atoms with van der Waals surface area (Å²) in [5, 5.41) is 1.26. The van der Waals surface area contributed by atoms with E-state index in [1.165, 1.54) is 16.5 Å². The molecule has 2 nitrogen and oxygen atoms in total. The molecule has 0 saturated heterocycles. The minimum Gasteiger partial charge on any atom is -0.330 e. The minimum absolute atomic E-state index is 0.753.